The Labute approximate surface area is 153 Å². The van der Waals surface area contributed by atoms with Gasteiger partial charge in [0.2, 0.25) is 5.95 Å². The summed E-state index contributed by atoms with van der Waals surface area (Å²) < 4.78 is 28.4. The largest absolute Gasteiger partial charge is 0.379 e. The van der Waals surface area contributed by atoms with Gasteiger partial charge in [-0.2, -0.15) is 0 Å². The lowest BCUT2D eigenvalue weighted by atomic mass is 10.2. The highest BCUT2D eigenvalue weighted by Crippen LogP contribution is 2.12. The summed E-state index contributed by atoms with van der Waals surface area (Å²) in [5.74, 6) is 0.152. The van der Waals surface area contributed by atoms with Gasteiger partial charge < -0.3 is 15.4 Å². The minimum absolute atomic E-state index is 0.00649. The van der Waals surface area contributed by atoms with E-state index in [1.165, 1.54) is 0 Å². The number of hydrogen-bond donors (Lipinski definition) is 2. The molecule has 0 spiro atoms. The number of aromatic nitrogens is 2. The van der Waals surface area contributed by atoms with Crippen LogP contribution in [0.15, 0.2) is 6.07 Å². The molecule has 144 valence electrons. The van der Waals surface area contributed by atoms with Gasteiger partial charge in [0.25, 0.3) is 5.91 Å². The van der Waals surface area contributed by atoms with Crippen molar-refractivity contribution in [3.05, 3.63) is 17.5 Å². The molecule has 26 heavy (non-hydrogen) atoms. The standard InChI is InChI=1S/C16H25N5O4S/c1-12-10-14(15(22)19-13-2-9-26(23,24)11-13)20-16(18-12)17-3-4-21-5-7-25-8-6-21/h10,13H,2-9,11H2,1H3,(H,19,22)(H,17,18,20). The van der Waals surface area contributed by atoms with E-state index in [9.17, 15) is 13.2 Å². The molecule has 9 nitrogen and oxygen atoms in total. The summed E-state index contributed by atoms with van der Waals surface area (Å²) in [6.07, 6.45) is 0.447. The monoisotopic (exact) mass is 383 g/mol. The van der Waals surface area contributed by atoms with Gasteiger partial charge in [-0.15, -0.1) is 0 Å². The first-order chi connectivity index (χ1) is 12.4. The molecule has 1 unspecified atom stereocenters. The van der Waals surface area contributed by atoms with Gasteiger partial charge in [0.05, 0.1) is 24.7 Å². The highest BCUT2D eigenvalue weighted by atomic mass is 32.2. The zero-order valence-corrected chi connectivity index (χ0v) is 15.7. The van der Waals surface area contributed by atoms with E-state index < -0.39 is 9.84 Å². The maximum Gasteiger partial charge on any atom is 0.270 e. The lowest BCUT2D eigenvalue weighted by Crippen LogP contribution is -2.39. The fourth-order valence-corrected chi connectivity index (χ4v) is 4.76. The third-order valence-electron chi connectivity index (χ3n) is 4.47. The van der Waals surface area contributed by atoms with Crippen molar-refractivity contribution in [1.82, 2.24) is 20.2 Å². The predicted molar refractivity (Wildman–Crippen MR) is 97.0 cm³/mol. The molecule has 1 atom stereocenters. The van der Waals surface area contributed by atoms with Crippen molar-refractivity contribution in [2.45, 2.75) is 19.4 Å². The van der Waals surface area contributed by atoms with Crippen LogP contribution in [0.2, 0.25) is 0 Å². The molecule has 0 aliphatic carbocycles. The first-order valence-electron chi connectivity index (χ1n) is 8.82. The van der Waals surface area contributed by atoms with Gasteiger partial charge >= 0.3 is 0 Å². The molecule has 0 bridgehead atoms. The zero-order chi connectivity index (χ0) is 18.6. The number of nitrogens with zero attached hydrogens (tertiary/aromatic N) is 3. The molecule has 0 saturated carbocycles. The van der Waals surface area contributed by atoms with E-state index >= 15 is 0 Å². The van der Waals surface area contributed by atoms with Gasteiger partial charge in [0.15, 0.2) is 9.84 Å². The van der Waals surface area contributed by atoms with Crippen LogP contribution in [0.4, 0.5) is 5.95 Å². The van der Waals surface area contributed by atoms with Crippen molar-refractivity contribution in [3.63, 3.8) is 0 Å². The number of rotatable bonds is 6. The van der Waals surface area contributed by atoms with Crippen LogP contribution in [-0.2, 0) is 14.6 Å². The molecule has 2 aliphatic rings. The van der Waals surface area contributed by atoms with Crippen LogP contribution in [-0.4, -0.2) is 86.1 Å². The van der Waals surface area contributed by atoms with Crippen molar-refractivity contribution in [3.8, 4) is 0 Å². The number of sulfone groups is 1. The predicted octanol–water partition coefficient (Wildman–Crippen LogP) is -0.554. The topological polar surface area (TPSA) is 114 Å². The molecule has 0 aromatic carbocycles. The van der Waals surface area contributed by atoms with Gasteiger partial charge in [0, 0.05) is 37.9 Å². The number of anilines is 1. The van der Waals surface area contributed by atoms with Crippen molar-refractivity contribution >= 4 is 21.7 Å². The molecule has 2 aliphatic heterocycles. The van der Waals surface area contributed by atoms with Crippen LogP contribution in [0, 0.1) is 6.92 Å². The van der Waals surface area contributed by atoms with Crippen LogP contribution in [0.3, 0.4) is 0 Å². The lowest BCUT2D eigenvalue weighted by Gasteiger charge is -2.26. The Morgan fingerprint density at radius 3 is 2.81 bits per heavy atom. The molecular formula is C16H25N5O4S. The fraction of sp³-hybridized carbons (Fsp3) is 0.688. The zero-order valence-electron chi connectivity index (χ0n) is 14.9. The minimum Gasteiger partial charge on any atom is -0.379 e. The number of carbonyl (C=O) groups excluding carboxylic acids is 1. The maximum atomic E-state index is 12.4. The second-order valence-corrected chi connectivity index (χ2v) is 8.90. The number of carbonyl (C=O) groups is 1. The van der Waals surface area contributed by atoms with E-state index in [-0.39, 0.29) is 29.1 Å². The second kappa shape index (κ2) is 8.28. The Hall–Kier alpha value is -1.78. The molecule has 2 N–H and O–H groups in total. The number of ether oxygens (including phenoxy) is 1. The van der Waals surface area contributed by atoms with Crippen molar-refractivity contribution < 1.29 is 17.9 Å². The molecule has 1 aromatic rings. The molecule has 1 aromatic heterocycles. The Balaban J connectivity index is 1.55. The van der Waals surface area contributed by atoms with Gasteiger partial charge in [-0.1, -0.05) is 0 Å². The number of nitrogens with one attached hydrogen (secondary N) is 2. The Kier molecular flexibility index (Phi) is 6.05. The first-order valence-corrected chi connectivity index (χ1v) is 10.6. The smallest absolute Gasteiger partial charge is 0.270 e. The molecule has 0 radical (unpaired) electrons. The van der Waals surface area contributed by atoms with Gasteiger partial charge in [-0.3, -0.25) is 9.69 Å². The van der Waals surface area contributed by atoms with Crippen LogP contribution in [0.25, 0.3) is 0 Å². The summed E-state index contributed by atoms with van der Waals surface area (Å²) in [6.45, 7) is 6.64. The van der Waals surface area contributed by atoms with Crippen LogP contribution < -0.4 is 10.6 Å². The van der Waals surface area contributed by atoms with E-state index in [1.54, 1.807) is 13.0 Å². The Bertz CT molecular complexity index is 749. The minimum atomic E-state index is -3.04. The summed E-state index contributed by atoms with van der Waals surface area (Å²) in [5, 5.41) is 5.91. The van der Waals surface area contributed by atoms with E-state index in [2.05, 4.69) is 25.5 Å². The number of hydrogen-bond acceptors (Lipinski definition) is 8. The van der Waals surface area contributed by atoms with Crippen LogP contribution >= 0.6 is 0 Å². The van der Waals surface area contributed by atoms with Gasteiger partial charge in [-0.05, 0) is 19.4 Å². The Morgan fingerprint density at radius 2 is 2.12 bits per heavy atom. The molecule has 3 rings (SSSR count). The van der Waals surface area contributed by atoms with Crippen LogP contribution in [0.1, 0.15) is 22.6 Å². The van der Waals surface area contributed by atoms with Crippen molar-refractivity contribution in [1.29, 1.82) is 0 Å². The molecule has 2 fully saturated rings. The normalized spacial score (nSPS) is 22.9. The lowest BCUT2D eigenvalue weighted by molar-refractivity contribution is 0.0398. The SMILES string of the molecule is Cc1cc(C(=O)NC2CCS(=O)(=O)C2)nc(NCCN2CCOCC2)n1. The summed E-state index contributed by atoms with van der Waals surface area (Å²) in [6, 6.07) is 1.26. The second-order valence-electron chi connectivity index (χ2n) is 6.67. The van der Waals surface area contributed by atoms with E-state index in [0.29, 0.717) is 24.6 Å². The number of amides is 1. The van der Waals surface area contributed by atoms with E-state index in [0.717, 1.165) is 32.8 Å². The molecule has 10 heteroatoms. The maximum absolute atomic E-state index is 12.4. The fourth-order valence-electron chi connectivity index (χ4n) is 3.08. The summed E-state index contributed by atoms with van der Waals surface area (Å²) in [4.78, 5) is 23.3. The average Bonchev–Trinajstić information content (AvgIpc) is 2.94. The highest BCUT2D eigenvalue weighted by molar-refractivity contribution is 7.91. The van der Waals surface area contributed by atoms with Crippen molar-refractivity contribution in [2.75, 3.05) is 56.2 Å². The average molecular weight is 383 g/mol. The first kappa shape index (κ1) is 19.0. The third-order valence-corrected chi connectivity index (χ3v) is 6.24. The summed E-state index contributed by atoms with van der Waals surface area (Å²) in [5.41, 5.74) is 0.925. The molecule has 3 heterocycles. The highest BCUT2D eigenvalue weighted by Gasteiger charge is 2.29. The van der Waals surface area contributed by atoms with Gasteiger partial charge in [0.1, 0.15) is 5.69 Å². The molecule has 2 saturated heterocycles. The Morgan fingerprint density at radius 1 is 1.35 bits per heavy atom. The van der Waals surface area contributed by atoms with E-state index in [1.807, 2.05) is 0 Å². The van der Waals surface area contributed by atoms with Crippen LogP contribution in [0.5, 0.6) is 0 Å². The quantitative estimate of drug-likeness (QED) is 0.672. The summed E-state index contributed by atoms with van der Waals surface area (Å²) >= 11 is 0. The third kappa shape index (κ3) is 5.36. The number of aryl methyl sites for hydroxylation is 1. The molecular weight excluding hydrogens is 358 g/mol. The van der Waals surface area contributed by atoms with Gasteiger partial charge in [-0.25, -0.2) is 18.4 Å². The molecule has 1 amide bonds. The number of morpholine rings is 1. The van der Waals surface area contributed by atoms with Crippen molar-refractivity contribution in [2.24, 2.45) is 0 Å². The summed E-state index contributed by atoms with van der Waals surface area (Å²) in [7, 11) is -3.04. The van der Waals surface area contributed by atoms with E-state index in [4.69, 9.17) is 4.74 Å².